The Labute approximate surface area is 103 Å². The van der Waals surface area contributed by atoms with Gasteiger partial charge in [0.05, 0.1) is 24.1 Å². The van der Waals surface area contributed by atoms with Crippen LogP contribution in [0.15, 0.2) is 36.5 Å². The molecule has 1 aromatic carbocycles. The average molecular weight is 245 g/mol. The molecule has 5 heteroatoms. The summed E-state index contributed by atoms with van der Waals surface area (Å²) in [7, 11) is 1.28. The van der Waals surface area contributed by atoms with Crippen molar-refractivity contribution >= 4 is 12.3 Å². The lowest BCUT2D eigenvalue weighted by Crippen LogP contribution is -2.04. The first kappa shape index (κ1) is 11.9. The van der Waals surface area contributed by atoms with Crippen molar-refractivity contribution in [3.63, 3.8) is 0 Å². The minimum absolute atomic E-state index is 0.0260. The van der Waals surface area contributed by atoms with Crippen LogP contribution in [0, 0.1) is 0 Å². The Morgan fingerprint density at radius 2 is 2.17 bits per heavy atom. The molecule has 92 valence electrons. The second kappa shape index (κ2) is 4.75. The van der Waals surface area contributed by atoms with E-state index in [1.165, 1.54) is 29.9 Å². The molecule has 0 saturated carbocycles. The van der Waals surface area contributed by atoms with Crippen molar-refractivity contribution in [2.24, 2.45) is 0 Å². The lowest BCUT2D eigenvalue weighted by molar-refractivity contribution is 0.0600. The van der Waals surface area contributed by atoms with Gasteiger partial charge < -0.3 is 14.4 Å². The van der Waals surface area contributed by atoms with E-state index in [4.69, 9.17) is 0 Å². The molecule has 2 aromatic rings. The molecule has 0 aliphatic rings. The predicted octanol–water partition coefficient (Wildman–Crippen LogP) is 1.78. The molecule has 0 bridgehead atoms. The number of aromatic hydroxyl groups is 1. The van der Waals surface area contributed by atoms with Gasteiger partial charge in [0.25, 0.3) is 0 Å². The number of ether oxygens (including phenoxy) is 1. The molecule has 0 unspecified atom stereocenters. The summed E-state index contributed by atoms with van der Waals surface area (Å²) in [6.45, 7) is 0. The summed E-state index contributed by atoms with van der Waals surface area (Å²) in [4.78, 5) is 22.3. The minimum Gasteiger partial charge on any atom is -0.506 e. The number of aldehydes is 1. The molecule has 0 atom stereocenters. The highest BCUT2D eigenvalue weighted by molar-refractivity contribution is 5.90. The van der Waals surface area contributed by atoms with Crippen molar-refractivity contribution in [3.05, 3.63) is 47.8 Å². The highest BCUT2D eigenvalue weighted by Gasteiger charge is 2.12. The van der Waals surface area contributed by atoms with Gasteiger partial charge in [0.15, 0.2) is 6.29 Å². The van der Waals surface area contributed by atoms with E-state index in [1.54, 1.807) is 18.3 Å². The molecule has 1 aromatic heterocycles. The molecule has 1 N–H and O–H groups in total. The molecular formula is C13H11NO4. The molecule has 1 heterocycles. The molecule has 0 amide bonds. The maximum Gasteiger partial charge on any atom is 0.337 e. The quantitative estimate of drug-likeness (QED) is 0.661. The first-order chi connectivity index (χ1) is 8.67. The standard InChI is InChI=1S/C13H11NO4/c1-18-13(17)9-4-5-12(16)11(7-9)14-6-2-3-10(14)8-15/h2-8,16H,1H3. The second-order valence-corrected chi connectivity index (χ2v) is 3.62. The van der Waals surface area contributed by atoms with Gasteiger partial charge in [-0.15, -0.1) is 0 Å². The highest BCUT2D eigenvalue weighted by atomic mass is 16.5. The number of phenolic OH excluding ortho intramolecular Hbond substituents is 1. The summed E-state index contributed by atoms with van der Waals surface area (Å²) in [5.41, 5.74) is 1.04. The van der Waals surface area contributed by atoms with Crippen molar-refractivity contribution in [1.29, 1.82) is 0 Å². The number of hydrogen-bond acceptors (Lipinski definition) is 4. The summed E-state index contributed by atoms with van der Waals surface area (Å²) < 4.78 is 6.10. The first-order valence-electron chi connectivity index (χ1n) is 5.21. The molecule has 5 nitrogen and oxygen atoms in total. The molecule has 0 saturated heterocycles. The lowest BCUT2D eigenvalue weighted by atomic mass is 10.2. The fourth-order valence-electron chi connectivity index (χ4n) is 1.67. The van der Waals surface area contributed by atoms with Gasteiger partial charge in [-0.2, -0.15) is 0 Å². The van der Waals surface area contributed by atoms with E-state index >= 15 is 0 Å². The smallest absolute Gasteiger partial charge is 0.337 e. The Morgan fingerprint density at radius 3 is 2.83 bits per heavy atom. The number of nitrogens with zero attached hydrogens (tertiary/aromatic N) is 1. The van der Waals surface area contributed by atoms with E-state index in [0.717, 1.165) is 0 Å². The van der Waals surface area contributed by atoms with E-state index in [9.17, 15) is 14.7 Å². The fraction of sp³-hybridized carbons (Fsp3) is 0.0769. The van der Waals surface area contributed by atoms with Crippen molar-refractivity contribution in [2.75, 3.05) is 7.11 Å². The molecule has 18 heavy (non-hydrogen) atoms. The van der Waals surface area contributed by atoms with Crippen molar-refractivity contribution < 1.29 is 19.4 Å². The molecular weight excluding hydrogens is 234 g/mol. The number of esters is 1. The maximum absolute atomic E-state index is 11.4. The van der Waals surface area contributed by atoms with Crippen LogP contribution in [-0.4, -0.2) is 29.0 Å². The largest absolute Gasteiger partial charge is 0.506 e. The number of carbonyl (C=O) groups excluding carboxylic acids is 2. The van der Waals surface area contributed by atoms with Crippen molar-refractivity contribution in [3.8, 4) is 11.4 Å². The van der Waals surface area contributed by atoms with Crippen LogP contribution in [-0.2, 0) is 4.74 Å². The SMILES string of the molecule is COC(=O)c1ccc(O)c(-n2cccc2C=O)c1. The Bertz CT molecular complexity index is 601. The number of carbonyl (C=O) groups is 2. The molecule has 0 spiro atoms. The Morgan fingerprint density at radius 1 is 1.39 bits per heavy atom. The third-order valence-electron chi connectivity index (χ3n) is 2.56. The first-order valence-corrected chi connectivity index (χ1v) is 5.21. The van der Waals surface area contributed by atoms with Crippen LogP contribution >= 0.6 is 0 Å². The Kier molecular flexibility index (Phi) is 3.14. The zero-order valence-electron chi connectivity index (χ0n) is 9.66. The number of aromatic nitrogens is 1. The number of rotatable bonds is 3. The second-order valence-electron chi connectivity index (χ2n) is 3.62. The predicted molar refractivity (Wildman–Crippen MR) is 64.2 cm³/mol. The third-order valence-corrected chi connectivity index (χ3v) is 2.56. The number of methoxy groups -OCH3 is 1. The Balaban J connectivity index is 2.56. The van der Waals surface area contributed by atoms with E-state index in [1.807, 2.05) is 0 Å². The van der Waals surface area contributed by atoms with Crippen LogP contribution < -0.4 is 0 Å². The van der Waals surface area contributed by atoms with Gasteiger partial charge in [-0.25, -0.2) is 4.79 Å². The fourth-order valence-corrected chi connectivity index (χ4v) is 1.67. The van der Waals surface area contributed by atoms with Crippen LogP contribution in [0.5, 0.6) is 5.75 Å². The molecule has 0 aliphatic carbocycles. The van der Waals surface area contributed by atoms with Gasteiger partial charge in [-0.3, -0.25) is 4.79 Å². The number of hydrogen-bond donors (Lipinski definition) is 1. The molecule has 0 radical (unpaired) electrons. The van der Waals surface area contributed by atoms with E-state index < -0.39 is 5.97 Å². The van der Waals surface area contributed by atoms with E-state index in [-0.39, 0.29) is 5.75 Å². The highest BCUT2D eigenvalue weighted by Crippen LogP contribution is 2.24. The van der Waals surface area contributed by atoms with Crippen LogP contribution in [0.2, 0.25) is 0 Å². The zero-order chi connectivity index (χ0) is 13.1. The summed E-state index contributed by atoms with van der Waals surface area (Å²) in [5.74, 6) is -0.530. The molecule has 0 aliphatic heterocycles. The minimum atomic E-state index is -0.504. The summed E-state index contributed by atoms with van der Waals surface area (Å²) in [6.07, 6.45) is 2.30. The van der Waals surface area contributed by atoms with Gasteiger partial charge in [0.2, 0.25) is 0 Å². The topological polar surface area (TPSA) is 68.5 Å². The Hall–Kier alpha value is -2.56. The van der Waals surface area contributed by atoms with Gasteiger partial charge in [-0.1, -0.05) is 0 Å². The van der Waals surface area contributed by atoms with Gasteiger partial charge >= 0.3 is 5.97 Å². The van der Waals surface area contributed by atoms with Gasteiger partial charge in [0, 0.05) is 6.20 Å². The maximum atomic E-state index is 11.4. The lowest BCUT2D eigenvalue weighted by Gasteiger charge is -2.09. The average Bonchev–Trinajstić information content (AvgIpc) is 2.86. The van der Waals surface area contributed by atoms with Crippen molar-refractivity contribution in [1.82, 2.24) is 4.57 Å². The van der Waals surface area contributed by atoms with E-state index in [2.05, 4.69) is 4.74 Å². The molecule has 0 fully saturated rings. The van der Waals surface area contributed by atoms with Crippen molar-refractivity contribution in [2.45, 2.75) is 0 Å². The third kappa shape index (κ3) is 1.98. The normalized spacial score (nSPS) is 10.1. The summed E-state index contributed by atoms with van der Waals surface area (Å²) in [5, 5.41) is 9.79. The number of benzene rings is 1. The zero-order valence-corrected chi connectivity index (χ0v) is 9.66. The van der Waals surface area contributed by atoms with Crippen LogP contribution in [0.4, 0.5) is 0 Å². The number of phenols is 1. The van der Waals surface area contributed by atoms with Crippen LogP contribution in [0.25, 0.3) is 5.69 Å². The molecule has 2 rings (SSSR count). The summed E-state index contributed by atoms with van der Waals surface area (Å²) in [6, 6.07) is 7.59. The van der Waals surface area contributed by atoms with Gasteiger partial charge in [0.1, 0.15) is 5.75 Å². The van der Waals surface area contributed by atoms with E-state index in [0.29, 0.717) is 23.2 Å². The van der Waals surface area contributed by atoms with Gasteiger partial charge in [-0.05, 0) is 30.3 Å². The van der Waals surface area contributed by atoms with Crippen LogP contribution in [0.1, 0.15) is 20.8 Å². The monoisotopic (exact) mass is 245 g/mol. The summed E-state index contributed by atoms with van der Waals surface area (Å²) >= 11 is 0. The van der Waals surface area contributed by atoms with Crippen LogP contribution in [0.3, 0.4) is 0 Å².